The first kappa shape index (κ1) is 73.5. The number of hydrogen-bond acceptors (Lipinski definition) is 8. The Morgan fingerprint density at radius 1 is 0.184 bits per heavy atom. The Balaban J connectivity index is 0.000000499. The van der Waals surface area contributed by atoms with E-state index < -0.39 is 0 Å². The van der Waals surface area contributed by atoms with E-state index >= 15 is 0 Å². The van der Waals surface area contributed by atoms with Gasteiger partial charge >= 0.3 is 0 Å². The van der Waals surface area contributed by atoms with Crippen molar-refractivity contribution in [1.82, 2.24) is 39.9 Å². The maximum Gasteiger partial charge on any atom is 0.0638 e. The molecule has 0 unspecified atom stereocenters. The van der Waals surface area contributed by atoms with Crippen LogP contribution in [-0.4, -0.2) is 39.9 Å². The van der Waals surface area contributed by atoms with Gasteiger partial charge in [-0.25, -0.2) is 0 Å². The molecule has 0 bridgehead atoms. The molecule has 0 aliphatic heterocycles. The molecule has 0 aliphatic carbocycles. The summed E-state index contributed by atoms with van der Waals surface area (Å²) >= 11 is 0. The number of pyridine rings is 8. The molecule has 0 amide bonds. The van der Waals surface area contributed by atoms with E-state index in [4.69, 9.17) is 24.2 Å². The number of aromatic nitrogens is 8. The molecule has 0 spiro atoms. The van der Waals surface area contributed by atoms with Gasteiger partial charge in [0.2, 0.25) is 0 Å². The zero-order chi connectivity index (χ0) is 89.3. The molecule has 114 heavy (non-hydrogen) atoms. The fourth-order valence-electron chi connectivity index (χ4n) is 10.6. The summed E-state index contributed by atoms with van der Waals surface area (Å²) in [6.45, 7) is 0. The third-order valence-corrected chi connectivity index (χ3v) is 15.6. The van der Waals surface area contributed by atoms with Crippen LogP contribution in [0.4, 0.5) is 0 Å². The van der Waals surface area contributed by atoms with Gasteiger partial charge in [0.15, 0.2) is 0 Å². The van der Waals surface area contributed by atoms with Crippen LogP contribution in [0.2, 0.25) is 0 Å². The van der Waals surface area contributed by atoms with Crippen molar-refractivity contribution in [3.63, 3.8) is 0 Å². The smallest absolute Gasteiger partial charge is 0.0638 e. The van der Waals surface area contributed by atoms with Crippen LogP contribution in [-0.2, 0) is 121 Å². The zero-order valence-electron chi connectivity index (χ0n) is 77.3. The molecule has 14 heteroatoms. The maximum absolute atomic E-state index is 7.65. The van der Waals surface area contributed by atoms with Crippen molar-refractivity contribution in [2.75, 3.05) is 0 Å². The molecule has 580 valence electrons. The van der Waals surface area contributed by atoms with Crippen molar-refractivity contribution >= 4 is 32.3 Å². The molecule has 8 aromatic heterocycles. The molecule has 8 heterocycles. The first-order valence-corrected chi connectivity index (χ1v) is 34.2. The Bertz CT molecular complexity index is 5920. The van der Waals surface area contributed by atoms with Crippen molar-refractivity contribution < 1.29 is 145 Å². The predicted octanol–water partition coefficient (Wildman–Crippen LogP) is 24.8. The molecule has 19 aromatic rings. The van der Waals surface area contributed by atoms with E-state index in [2.05, 4.69) is 107 Å². The van der Waals surface area contributed by atoms with Crippen LogP contribution >= 0.6 is 0 Å². The van der Waals surface area contributed by atoms with E-state index in [1.165, 1.54) is 18.6 Å². The first-order valence-electron chi connectivity index (χ1n) is 42.7. The molecule has 11 aromatic carbocycles. The fourth-order valence-corrected chi connectivity index (χ4v) is 10.6. The Kier molecular flexibility index (Phi) is 33.9. The van der Waals surface area contributed by atoms with Crippen molar-refractivity contribution in [3.05, 3.63) is 474 Å². The summed E-state index contributed by atoms with van der Waals surface area (Å²) in [5.74, 6) is 0. The molecule has 0 aliphatic rings. The van der Waals surface area contributed by atoms with Gasteiger partial charge in [0.05, 0.1) is 4.11 Å². The third-order valence-electron chi connectivity index (χ3n) is 15.6. The van der Waals surface area contributed by atoms with Crippen LogP contribution in [0.25, 0.3) is 122 Å². The normalized spacial score (nSPS) is 10.9. The summed E-state index contributed by atoms with van der Waals surface area (Å²) in [5.41, 5.74) is 13.9. The Morgan fingerprint density at radius 3 is 0.658 bits per heavy atom. The molecule has 0 atom stereocenters. The van der Waals surface area contributed by atoms with E-state index in [-0.39, 0.29) is 121 Å². The number of hydrogen-bond donors (Lipinski definition) is 0. The first-order chi connectivity index (χ1) is 61.2. The predicted molar refractivity (Wildman–Crippen MR) is 449 cm³/mol. The molecular weight excluding hydrogens is 2470 g/mol. The van der Waals surface area contributed by atoms with Crippen molar-refractivity contribution in [2.24, 2.45) is 0 Å². The molecular formula is C100H78Ir6N8-8. The minimum atomic E-state index is 0. The molecule has 0 saturated heterocycles. The van der Waals surface area contributed by atoms with Gasteiger partial charge in [-0.15, -0.1) is 287 Å². The Labute approximate surface area is 774 Å². The van der Waals surface area contributed by atoms with Gasteiger partial charge in [0, 0.05) is 190 Å². The third kappa shape index (κ3) is 28.7. The Morgan fingerprint density at radius 2 is 0.412 bits per heavy atom. The minimum Gasteiger partial charge on any atom is -0.305 e. The number of fused-ring (bicyclic) bond motifs is 3. The van der Waals surface area contributed by atoms with E-state index in [1.54, 1.807) is 164 Å². The quantitative estimate of drug-likeness (QED) is 0.139. The second-order valence-electron chi connectivity index (χ2n) is 22.8. The topological polar surface area (TPSA) is 103 Å². The summed E-state index contributed by atoms with van der Waals surface area (Å²) < 4.78 is 107. The fraction of sp³-hybridized carbons (Fsp3) is 0. The maximum atomic E-state index is 7.65. The van der Waals surface area contributed by atoms with Crippen molar-refractivity contribution in [3.8, 4) is 90.1 Å². The minimum absolute atomic E-state index is 0. The zero-order valence-corrected chi connectivity index (χ0v) is 74.7. The number of benzene rings is 11. The van der Waals surface area contributed by atoms with Gasteiger partial charge in [0.25, 0.3) is 0 Å². The molecule has 8 nitrogen and oxygen atoms in total. The van der Waals surface area contributed by atoms with Gasteiger partial charge in [-0.05, 0) is 126 Å². The van der Waals surface area contributed by atoms with Crippen LogP contribution in [0.5, 0.6) is 0 Å². The monoisotopic (exact) mass is 2570 g/mol. The van der Waals surface area contributed by atoms with E-state index in [0.717, 1.165) is 122 Å². The molecule has 0 N–H and O–H groups in total. The van der Waals surface area contributed by atoms with Crippen molar-refractivity contribution in [2.45, 2.75) is 0 Å². The second-order valence-corrected chi connectivity index (χ2v) is 22.8. The van der Waals surface area contributed by atoms with E-state index in [9.17, 15) is 0 Å². The van der Waals surface area contributed by atoms with Crippen LogP contribution < -0.4 is 0 Å². The molecule has 0 fully saturated rings. The van der Waals surface area contributed by atoms with Gasteiger partial charge in [-0.1, -0.05) is 133 Å². The van der Waals surface area contributed by atoms with Gasteiger partial charge in [-0.3, -0.25) is 0 Å². The van der Waals surface area contributed by atoms with Crippen molar-refractivity contribution in [1.29, 1.82) is 0 Å². The van der Waals surface area contributed by atoms with Crippen LogP contribution in [0.1, 0.15) is 24.2 Å². The molecule has 6 radical (unpaired) electrons. The van der Waals surface area contributed by atoms with Crippen LogP contribution in [0, 0.1) is 48.5 Å². The van der Waals surface area contributed by atoms with Gasteiger partial charge < -0.3 is 39.9 Å². The van der Waals surface area contributed by atoms with E-state index in [1.807, 2.05) is 170 Å². The number of rotatable bonds is 8. The molecule has 19 rings (SSSR count). The van der Waals surface area contributed by atoms with E-state index in [0.29, 0.717) is 54.4 Å². The van der Waals surface area contributed by atoms with Gasteiger partial charge in [0.1, 0.15) is 0 Å². The Hall–Kier alpha value is -10.7. The largest absolute Gasteiger partial charge is 0.305 e. The standard InChI is InChI=1S/3C15H10N.5C11H8N.6Ir.4H2/c3*1-2-7-13(8-3-1)15-14-9-5-4-6-12(14)10-11-16-15;5*1-2-6-10(7-3-1)11-8-4-5-9-12-11;;;;;;;;;;/h3*1-7,9-11H;5*1-6,8-9H;;;;;;;4*1H/q8*-1;;;;;;;;;;/i3*2D;2D,5D;2*5D;2*2D;;;;;;;4*1+1D. The summed E-state index contributed by atoms with van der Waals surface area (Å²) in [7, 11) is 0. The summed E-state index contributed by atoms with van der Waals surface area (Å²) in [4.78, 5) is 33.9. The average Bonchev–Trinajstić information content (AvgIpc) is 0.810. The average molecular weight is 2560 g/mol. The van der Waals surface area contributed by atoms with Gasteiger partial charge in [-0.2, -0.15) is 0 Å². The summed E-state index contributed by atoms with van der Waals surface area (Å²) in [6.07, 6.45) is 13.4. The number of nitrogens with zero attached hydrogens (tertiary/aromatic N) is 8. The summed E-state index contributed by atoms with van der Waals surface area (Å²) in [6, 6.07) is 128. The second kappa shape index (κ2) is 52.6. The molecule has 0 saturated carbocycles. The summed E-state index contributed by atoms with van der Waals surface area (Å²) in [5, 5.41) is 6.74. The van der Waals surface area contributed by atoms with Crippen LogP contribution in [0.15, 0.2) is 425 Å². The van der Waals surface area contributed by atoms with Crippen LogP contribution in [0.3, 0.4) is 0 Å². The SMILES string of the molecule is [2H][2H].[2H][2H].[2H][2H].[2H][2H].[2H]c1cc[c-]c(-c2ccccn2)c1.[2H]c1cc[c-]c(-c2ccccn2)c1.[2H]c1cc[c-]c(-c2nccc3ccccc23)c1.[2H]c1cc[c-]c(-c2nccc3ccccc23)c1.[2H]c1cc[c-]c(-c2nccc3ccccc23)c1.[2H]c1ccc(-c2[c-]ccc([2H])c2)nc1.[2H]c1ccc(-c2[c-]cccc2)nc1.[2H]c1ccc(-c2[c-]cccc2)nc1.[Ir].[Ir].[Ir].[Ir].[Ir].[Ir].